The summed E-state index contributed by atoms with van der Waals surface area (Å²) in [7, 11) is 0. The van der Waals surface area contributed by atoms with Gasteiger partial charge in [0.15, 0.2) is 0 Å². The van der Waals surface area contributed by atoms with E-state index in [1.54, 1.807) is 0 Å². The van der Waals surface area contributed by atoms with E-state index in [0.717, 1.165) is 45.7 Å². The molecule has 0 saturated carbocycles. The highest BCUT2D eigenvalue weighted by Crippen LogP contribution is 2.29. The van der Waals surface area contributed by atoms with Crippen molar-refractivity contribution in [2.45, 2.75) is 25.9 Å². The maximum atomic E-state index is 9.53. The molecule has 4 nitrogen and oxygen atoms in total. The molecule has 2 saturated heterocycles. The first-order valence-electron chi connectivity index (χ1n) is 6.30. The second kappa shape index (κ2) is 5.45. The van der Waals surface area contributed by atoms with Crippen LogP contribution in [0.25, 0.3) is 0 Å². The van der Waals surface area contributed by atoms with Gasteiger partial charge in [-0.25, -0.2) is 0 Å². The molecule has 2 fully saturated rings. The molecule has 0 aliphatic carbocycles. The summed E-state index contributed by atoms with van der Waals surface area (Å²) in [6.07, 6.45) is 2.42. The molecular weight excluding hydrogens is 206 g/mol. The SMILES string of the molecule is CCC1CN(CC2(CO)CCOC2)CCO1. The normalized spacial score (nSPS) is 36.8. The first kappa shape index (κ1) is 12.3. The number of nitrogens with zero attached hydrogens (tertiary/aromatic N) is 1. The van der Waals surface area contributed by atoms with E-state index in [9.17, 15) is 5.11 Å². The van der Waals surface area contributed by atoms with E-state index in [-0.39, 0.29) is 12.0 Å². The molecule has 4 heteroatoms. The minimum Gasteiger partial charge on any atom is -0.396 e. The van der Waals surface area contributed by atoms with Crippen molar-refractivity contribution in [1.29, 1.82) is 0 Å². The smallest absolute Gasteiger partial charge is 0.0700 e. The van der Waals surface area contributed by atoms with E-state index in [4.69, 9.17) is 9.47 Å². The molecule has 0 amide bonds. The Kier molecular flexibility index (Phi) is 4.19. The van der Waals surface area contributed by atoms with Crippen molar-refractivity contribution < 1.29 is 14.6 Å². The average molecular weight is 229 g/mol. The highest BCUT2D eigenvalue weighted by atomic mass is 16.5. The summed E-state index contributed by atoms with van der Waals surface area (Å²) in [6.45, 7) is 7.65. The first-order chi connectivity index (χ1) is 7.78. The quantitative estimate of drug-likeness (QED) is 0.762. The second-order valence-corrected chi connectivity index (χ2v) is 5.10. The Bertz CT molecular complexity index is 216. The van der Waals surface area contributed by atoms with Gasteiger partial charge in [0.05, 0.1) is 25.9 Å². The van der Waals surface area contributed by atoms with Gasteiger partial charge in [0.1, 0.15) is 0 Å². The third kappa shape index (κ3) is 2.74. The fraction of sp³-hybridized carbons (Fsp3) is 1.00. The number of morpholine rings is 1. The van der Waals surface area contributed by atoms with Crippen LogP contribution in [-0.2, 0) is 9.47 Å². The topological polar surface area (TPSA) is 41.9 Å². The van der Waals surface area contributed by atoms with Gasteiger partial charge >= 0.3 is 0 Å². The summed E-state index contributed by atoms with van der Waals surface area (Å²) in [5, 5.41) is 9.53. The molecule has 2 unspecified atom stereocenters. The van der Waals surface area contributed by atoms with Crippen molar-refractivity contribution in [1.82, 2.24) is 4.90 Å². The predicted octanol–water partition coefficient (Wildman–Crippen LogP) is 0.496. The van der Waals surface area contributed by atoms with Crippen LogP contribution in [0.3, 0.4) is 0 Å². The standard InChI is InChI=1S/C12H23NO3/c1-2-11-7-13(4-6-16-11)8-12(9-14)3-5-15-10-12/h11,14H,2-10H2,1H3. The molecule has 2 heterocycles. The Balaban J connectivity index is 1.87. The van der Waals surface area contributed by atoms with E-state index >= 15 is 0 Å². The summed E-state index contributed by atoms with van der Waals surface area (Å²) < 4.78 is 11.1. The van der Waals surface area contributed by atoms with Crippen molar-refractivity contribution in [2.24, 2.45) is 5.41 Å². The van der Waals surface area contributed by atoms with Gasteiger partial charge in [0, 0.05) is 31.7 Å². The lowest BCUT2D eigenvalue weighted by atomic mass is 9.87. The molecule has 2 rings (SSSR count). The lowest BCUT2D eigenvalue weighted by Crippen LogP contribution is -2.48. The Hall–Kier alpha value is -0.160. The monoisotopic (exact) mass is 229 g/mol. The van der Waals surface area contributed by atoms with Crippen molar-refractivity contribution in [3.63, 3.8) is 0 Å². The number of hydrogen-bond donors (Lipinski definition) is 1. The molecule has 0 aromatic heterocycles. The summed E-state index contributed by atoms with van der Waals surface area (Å²) in [4.78, 5) is 2.42. The maximum absolute atomic E-state index is 9.53. The number of ether oxygens (including phenoxy) is 2. The molecule has 0 bridgehead atoms. The van der Waals surface area contributed by atoms with Crippen LogP contribution in [-0.4, -0.2) is 62.2 Å². The summed E-state index contributed by atoms with van der Waals surface area (Å²) >= 11 is 0. The van der Waals surface area contributed by atoms with E-state index < -0.39 is 0 Å². The fourth-order valence-corrected chi connectivity index (χ4v) is 2.59. The fourth-order valence-electron chi connectivity index (χ4n) is 2.59. The van der Waals surface area contributed by atoms with Gasteiger partial charge in [0.2, 0.25) is 0 Å². The predicted molar refractivity (Wildman–Crippen MR) is 61.4 cm³/mol. The zero-order valence-corrected chi connectivity index (χ0v) is 10.2. The largest absolute Gasteiger partial charge is 0.396 e. The van der Waals surface area contributed by atoms with Gasteiger partial charge in [-0.2, -0.15) is 0 Å². The lowest BCUT2D eigenvalue weighted by Gasteiger charge is -2.37. The van der Waals surface area contributed by atoms with E-state index in [2.05, 4.69) is 11.8 Å². The van der Waals surface area contributed by atoms with Gasteiger partial charge in [-0.1, -0.05) is 6.92 Å². The zero-order valence-electron chi connectivity index (χ0n) is 10.2. The van der Waals surface area contributed by atoms with E-state index in [1.165, 1.54) is 0 Å². The Labute approximate surface area is 97.5 Å². The van der Waals surface area contributed by atoms with E-state index in [1.807, 2.05) is 0 Å². The third-order valence-corrected chi connectivity index (χ3v) is 3.76. The number of hydrogen-bond acceptors (Lipinski definition) is 4. The molecule has 0 aromatic carbocycles. The van der Waals surface area contributed by atoms with Crippen LogP contribution in [0.1, 0.15) is 19.8 Å². The van der Waals surface area contributed by atoms with Crippen molar-refractivity contribution in [3.05, 3.63) is 0 Å². The molecule has 2 aliphatic heterocycles. The summed E-state index contributed by atoms with van der Waals surface area (Å²) in [5.74, 6) is 0. The Morgan fingerprint density at radius 3 is 2.94 bits per heavy atom. The highest BCUT2D eigenvalue weighted by Gasteiger charge is 2.37. The molecular formula is C12H23NO3. The third-order valence-electron chi connectivity index (χ3n) is 3.76. The van der Waals surface area contributed by atoms with Crippen LogP contribution in [0.5, 0.6) is 0 Å². The Morgan fingerprint density at radius 2 is 2.31 bits per heavy atom. The van der Waals surface area contributed by atoms with Crippen LogP contribution < -0.4 is 0 Å². The summed E-state index contributed by atoms with van der Waals surface area (Å²) in [6, 6.07) is 0. The van der Waals surface area contributed by atoms with Crippen molar-refractivity contribution in [3.8, 4) is 0 Å². The number of aliphatic hydroxyl groups is 1. The van der Waals surface area contributed by atoms with Crippen molar-refractivity contribution in [2.75, 3.05) is 46.1 Å². The van der Waals surface area contributed by atoms with E-state index in [0.29, 0.717) is 12.7 Å². The Morgan fingerprint density at radius 1 is 1.44 bits per heavy atom. The first-order valence-corrected chi connectivity index (χ1v) is 6.30. The molecule has 1 N–H and O–H groups in total. The molecule has 94 valence electrons. The van der Waals surface area contributed by atoms with Crippen LogP contribution in [0.2, 0.25) is 0 Å². The van der Waals surface area contributed by atoms with Crippen LogP contribution >= 0.6 is 0 Å². The van der Waals surface area contributed by atoms with Gasteiger partial charge < -0.3 is 14.6 Å². The maximum Gasteiger partial charge on any atom is 0.0700 e. The lowest BCUT2D eigenvalue weighted by molar-refractivity contribution is -0.0495. The highest BCUT2D eigenvalue weighted by molar-refractivity contribution is 4.87. The van der Waals surface area contributed by atoms with Gasteiger partial charge in [-0.3, -0.25) is 4.90 Å². The van der Waals surface area contributed by atoms with Crippen LogP contribution in [0.4, 0.5) is 0 Å². The van der Waals surface area contributed by atoms with Gasteiger partial charge in [-0.15, -0.1) is 0 Å². The number of aliphatic hydroxyl groups excluding tert-OH is 1. The van der Waals surface area contributed by atoms with Gasteiger partial charge in [-0.05, 0) is 12.8 Å². The zero-order chi connectivity index (χ0) is 11.4. The molecule has 0 radical (unpaired) electrons. The van der Waals surface area contributed by atoms with Crippen molar-refractivity contribution >= 4 is 0 Å². The average Bonchev–Trinajstić information content (AvgIpc) is 2.78. The number of rotatable bonds is 4. The molecule has 2 aliphatic rings. The molecule has 2 atom stereocenters. The van der Waals surface area contributed by atoms with Crippen LogP contribution in [0, 0.1) is 5.41 Å². The van der Waals surface area contributed by atoms with Crippen LogP contribution in [0.15, 0.2) is 0 Å². The minimum atomic E-state index is -0.0182. The molecule has 0 spiro atoms. The molecule has 16 heavy (non-hydrogen) atoms. The minimum absolute atomic E-state index is 0.0182. The summed E-state index contributed by atoms with van der Waals surface area (Å²) in [5.41, 5.74) is -0.0182. The molecule has 0 aromatic rings. The second-order valence-electron chi connectivity index (χ2n) is 5.10. The van der Waals surface area contributed by atoms with Gasteiger partial charge in [0.25, 0.3) is 0 Å².